The third-order valence-electron chi connectivity index (χ3n) is 4.02. The maximum absolute atomic E-state index is 12.3. The molecule has 0 aliphatic heterocycles. The molecule has 1 rings (SSSR count). The minimum Gasteiger partial charge on any atom is -0.274 e. The zero-order chi connectivity index (χ0) is 16.6. The van der Waals surface area contributed by atoms with Gasteiger partial charge in [-0.05, 0) is 12.8 Å². The van der Waals surface area contributed by atoms with Crippen LogP contribution in [0.4, 0.5) is 13.2 Å². The minimum atomic E-state index is -5.60. The number of hydrogen-bond acceptors (Lipinski definition) is 3. The van der Waals surface area contributed by atoms with Crippen molar-refractivity contribution in [1.29, 1.82) is 0 Å². The average Bonchev–Trinajstić information content (AvgIpc) is 2.37. The second-order valence-corrected chi connectivity index (χ2v) is 7.55. The molecule has 1 N–H and O–H groups in total. The molecule has 0 heterocycles. The molecule has 8 heteroatoms. The van der Waals surface area contributed by atoms with E-state index in [9.17, 15) is 26.4 Å². The summed E-state index contributed by atoms with van der Waals surface area (Å²) in [5, 5.41) is 0. The van der Waals surface area contributed by atoms with Gasteiger partial charge in [-0.15, -0.1) is 0 Å². The topological polar surface area (TPSA) is 63.2 Å². The molecule has 0 radical (unpaired) electrons. The molecule has 1 aliphatic rings. The quantitative estimate of drug-likeness (QED) is 0.828. The molecule has 0 aromatic carbocycles. The smallest absolute Gasteiger partial charge is 0.274 e. The SMILES string of the molecule is O=C(NS(=O)(=O)C(F)(F)F)C1CCCCCCCCCCC1. The summed E-state index contributed by atoms with van der Waals surface area (Å²) < 4.78 is 60.2. The van der Waals surface area contributed by atoms with E-state index < -0.39 is 27.4 Å². The Hall–Kier alpha value is -0.790. The fourth-order valence-corrected chi connectivity index (χ4v) is 3.25. The van der Waals surface area contributed by atoms with Gasteiger partial charge in [0.1, 0.15) is 0 Å². The summed E-state index contributed by atoms with van der Waals surface area (Å²) in [5.41, 5.74) is -5.45. The third kappa shape index (κ3) is 6.54. The molecule has 0 bridgehead atoms. The van der Waals surface area contributed by atoms with Crippen molar-refractivity contribution in [2.24, 2.45) is 5.92 Å². The van der Waals surface area contributed by atoms with E-state index in [0.29, 0.717) is 12.8 Å². The Balaban J connectivity index is 2.62. The molecule has 0 spiro atoms. The summed E-state index contributed by atoms with van der Waals surface area (Å²) in [6, 6.07) is 0. The van der Waals surface area contributed by atoms with Crippen LogP contribution in [-0.4, -0.2) is 19.8 Å². The van der Waals surface area contributed by atoms with E-state index >= 15 is 0 Å². The molecule has 1 fully saturated rings. The number of alkyl halides is 3. The first-order valence-corrected chi connectivity index (χ1v) is 9.35. The molecule has 0 unspecified atom stereocenters. The number of carbonyl (C=O) groups excluding carboxylic acids is 1. The molecule has 0 saturated heterocycles. The predicted octanol–water partition coefficient (Wildman–Crippen LogP) is 3.87. The van der Waals surface area contributed by atoms with E-state index in [0.717, 1.165) is 51.4 Å². The molecule has 1 aliphatic carbocycles. The van der Waals surface area contributed by atoms with E-state index in [1.54, 1.807) is 0 Å². The maximum atomic E-state index is 12.3. The van der Waals surface area contributed by atoms with Crippen molar-refractivity contribution < 1.29 is 26.4 Å². The summed E-state index contributed by atoms with van der Waals surface area (Å²) in [6.07, 6.45) is 9.80. The van der Waals surface area contributed by atoms with Gasteiger partial charge in [-0.3, -0.25) is 4.79 Å². The highest BCUT2D eigenvalue weighted by Crippen LogP contribution is 2.25. The highest BCUT2D eigenvalue weighted by molar-refractivity contribution is 7.90. The second kappa shape index (κ2) is 8.74. The fraction of sp³-hybridized carbons (Fsp3) is 0.929. The Morgan fingerprint density at radius 2 is 1.18 bits per heavy atom. The van der Waals surface area contributed by atoms with E-state index in [4.69, 9.17) is 0 Å². The lowest BCUT2D eigenvalue weighted by atomic mass is 9.92. The van der Waals surface area contributed by atoms with E-state index in [1.165, 1.54) is 11.1 Å². The molecular weight excluding hydrogens is 319 g/mol. The van der Waals surface area contributed by atoms with Crippen LogP contribution in [0.2, 0.25) is 0 Å². The second-order valence-electron chi connectivity index (χ2n) is 5.87. The van der Waals surface area contributed by atoms with Crippen LogP contribution >= 0.6 is 0 Å². The van der Waals surface area contributed by atoms with Crippen LogP contribution in [0.5, 0.6) is 0 Å². The van der Waals surface area contributed by atoms with Crippen LogP contribution in [-0.2, 0) is 14.8 Å². The van der Waals surface area contributed by atoms with Crippen LogP contribution in [0.25, 0.3) is 0 Å². The fourth-order valence-electron chi connectivity index (χ4n) is 2.70. The van der Waals surface area contributed by atoms with Gasteiger partial charge in [-0.25, -0.2) is 4.72 Å². The number of halogens is 3. The molecule has 1 saturated carbocycles. The highest BCUT2D eigenvalue weighted by Gasteiger charge is 2.47. The Morgan fingerprint density at radius 3 is 1.55 bits per heavy atom. The zero-order valence-corrected chi connectivity index (χ0v) is 13.4. The summed E-state index contributed by atoms with van der Waals surface area (Å²) in [6.45, 7) is 0. The number of amides is 1. The molecule has 22 heavy (non-hydrogen) atoms. The number of nitrogens with one attached hydrogen (secondary N) is 1. The van der Waals surface area contributed by atoms with Gasteiger partial charge in [-0.1, -0.05) is 57.8 Å². The van der Waals surface area contributed by atoms with Gasteiger partial charge < -0.3 is 0 Å². The molecule has 0 aromatic heterocycles. The van der Waals surface area contributed by atoms with Crippen LogP contribution < -0.4 is 4.72 Å². The van der Waals surface area contributed by atoms with Gasteiger partial charge in [0.25, 0.3) is 0 Å². The van der Waals surface area contributed by atoms with Gasteiger partial charge in [0.15, 0.2) is 0 Å². The van der Waals surface area contributed by atoms with Crippen molar-refractivity contribution >= 4 is 15.9 Å². The van der Waals surface area contributed by atoms with Gasteiger partial charge >= 0.3 is 15.5 Å². The minimum absolute atomic E-state index is 0.444. The standard InChI is InChI=1S/C14H24F3NO3S/c15-14(16,17)22(20,21)18-13(19)12-10-8-6-4-2-1-3-5-7-9-11-12/h12H,1-11H2,(H,18,19). The van der Waals surface area contributed by atoms with Gasteiger partial charge in [0, 0.05) is 5.92 Å². The van der Waals surface area contributed by atoms with Crippen molar-refractivity contribution in [3.05, 3.63) is 0 Å². The molecule has 1 amide bonds. The van der Waals surface area contributed by atoms with Crippen molar-refractivity contribution in [3.8, 4) is 0 Å². The summed E-state index contributed by atoms with van der Waals surface area (Å²) in [5.74, 6) is -1.68. The lowest BCUT2D eigenvalue weighted by Gasteiger charge is -2.18. The molecule has 0 aromatic rings. The van der Waals surface area contributed by atoms with Gasteiger partial charge in [-0.2, -0.15) is 21.6 Å². The van der Waals surface area contributed by atoms with Crippen LogP contribution in [0.1, 0.15) is 70.6 Å². The lowest BCUT2D eigenvalue weighted by Crippen LogP contribution is -2.43. The normalized spacial score (nSPS) is 20.7. The molecule has 0 atom stereocenters. The summed E-state index contributed by atoms with van der Waals surface area (Å²) >= 11 is 0. The Kier molecular flexibility index (Phi) is 7.65. The summed E-state index contributed by atoms with van der Waals surface area (Å²) in [7, 11) is -5.60. The zero-order valence-electron chi connectivity index (χ0n) is 12.6. The lowest BCUT2D eigenvalue weighted by molar-refractivity contribution is -0.124. The van der Waals surface area contributed by atoms with Crippen molar-refractivity contribution in [2.75, 3.05) is 0 Å². The summed E-state index contributed by atoms with van der Waals surface area (Å²) in [4.78, 5) is 11.9. The Bertz CT molecular complexity index is 437. The first-order valence-electron chi connectivity index (χ1n) is 7.87. The number of sulfonamides is 1. The first-order chi connectivity index (χ1) is 10.2. The first kappa shape index (κ1) is 19.3. The van der Waals surface area contributed by atoms with Crippen molar-refractivity contribution in [1.82, 2.24) is 4.72 Å². The van der Waals surface area contributed by atoms with Crippen LogP contribution in [0.3, 0.4) is 0 Å². The largest absolute Gasteiger partial charge is 0.516 e. The van der Waals surface area contributed by atoms with Crippen LogP contribution in [0, 0.1) is 5.92 Å². The van der Waals surface area contributed by atoms with E-state index in [1.807, 2.05) is 0 Å². The van der Waals surface area contributed by atoms with Crippen molar-refractivity contribution in [2.45, 2.75) is 76.1 Å². The molecule has 130 valence electrons. The van der Waals surface area contributed by atoms with Gasteiger partial charge in [0.05, 0.1) is 0 Å². The highest BCUT2D eigenvalue weighted by atomic mass is 32.2. The van der Waals surface area contributed by atoms with E-state index in [-0.39, 0.29) is 0 Å². The molecular formula is C14H24F3NO3S. The monoisotopic (exact) mass is 343 g/mol. The number of carbonyl (C=O) groups is 1. The molecule has 4 nitrogen and oxygen atoms in total. The number of rotatable bonds is 2. The van der Waals surface area contributed by atoms with Gasteiger partial charge in [0.2, 0.25) is 5.91 Å². The predicted molar refractivity (Wildman–Crippen MR) is 77.4 cm³/mol. The van der Waals surface area contributed by atoms with Crippen LogP contribution in [0.15, 0.2) is 0 Å². The maximum Gasteiger partial charge on any atom is 0.516 e. The Morgan fingerprint density at radius 1 is 0.818 bits per heavy atom. The third-order valence-corrected chi connectivity index (χ3v) is 5.09. The number of hydrogen-bond donors (Lipinski definition) is 1. The van der Waals surface area contributed by atoms with Crippen molar-refractivity contribution in [3.63, 3.8) is 0 Å². The Labute approximate surface area is 129 Å². The average molecular weight is 343 g/mol. The van der Waals surface area contributed by atoms with E-state index in [2.05, 4.69) is 0 Å².